The average molecular weight is 456 g/mol. The van der Waals surface area contributed by atoms with Crippen LogP contribution in [-0.2, 0) is 26.5 Å². The number of likely N-dealkylation sites (tertiary alicyclic amines) is 1. The molecule has 0 aromatic heterocycles. The number of aliphatic hydroxyl groups is 1. The second kappa shape index (κ2) is 7.30. The Kier molecular flexibility index (Phi) is 4.77. The second-order valence-electron chi connectivity index (χ2n) is 8.45. The zero-order valence-corrected chi connectivity index (χ0v) is 18.2. The van der Waals surface area contributed by atoms with Crippen molar-refractivity contribution in [1.82, 2.24) is 10.2 Å². The van der Waals surface area contributed by atoms with Crippen molar-refractivity contribution in [3.8, 4) is 5.75 Å². The minimum absolute atomic E-state index is 0.0707. The van der Waals surface area contributed by atoms with E-state index in [2.05, 4.69) is 10.6 Å². The SMILES string of the molecule is COc1ccc(CN2C(=O)[C@H]3[C@@H]([C@@H](C)O)N[C@]4(C(=O)Nc5c(Cl)cccc54)[C@@H]3C2=O)cc1. The molecule has 1 spiro atoms. The van der Waals surface area contributed by atoms with Gasteiger partial charge in [-0.2, -0.15) is 0 Å². The lowest BCUT2D eigenvalue weighted by Gasteiger charge is -2.30. The molecule has 3 aliphatic rings. The Morgan fingerprint density at radius 1 is 1.16 bits per heavy atom. The molecule has 3 aliphatic heterocycles. The monoisotopic (exact) mass is 455 g/mol. The third-order valence-electron chi connectivity index (χ3n) is 6.74. The highest BCUT2D eigenvalue weighted by atomic mass is 35.5. The number of nitrogens with zero attached hydrogens (tertiary/aromatic N) is 1. The maximum absolute atomic E-state index is 13.6. The van der Waals surface area contributed by atoms with E-state index in [9.17, 15) is 19.5 Å². The summed E-state index contributed by atoms with van der Waals surface area (Å²) in [6, 6.07) is 11.4. The lowest BCUT2D eigenvalue weighted by Crippen LogP contribution is -2.54. The van der Waals surface area contributed by atoms with Crippen molar-refractivity contribution in [2.75, 3.05) is 12.4 Å². The van der Waals surface area contributed by atoms with E-state index in [4.69, 9.17) is 16.3 Å². The van der Waals surface area contributed by atoms with E-state index in [-0.39, 0.29) is 6.54 Å². The first-order valence-electron chi connectivity index (χ1n) is 10.3. The molecule has 5 atom stereocenters. The van der Waals surface area contributed by atoms with Gasteiger partial charge in [-0.25, -0.2) is 0 Å². The van der Waals surface area contributed by atoms with E-state index in [0.29, 0.717) is 22.0 Å². The molecule has 166 valence electrons. The van der Waals surface area contributed by atoms with E-state index < -0.39 is 47.2 Å². The molecule has 2 saturated heterocycles. The number of ether oxygens (including phenoxy) is 1. The summed E-state index contributed by atoms with van der Waals surface area (Å²) in [5.41, 5.74) is 0.210. The molecule has 3 N–H and O–H groups in total. The van der Waals surface area contributed by atoms with E-state index in [1.807, 2.05) is 0 Å². The maximum Gasteiger partial charge on any atom is 0.250 e. The highest BCUT2D eigenvalue weighted by Crippen LogP contribution is 2.54. The second-order valence-corrected chi connectivity index (χ2v) is 8.86. The van der Waals surface area contributed by atoms with Crippen LogP contribution in [0.2, 0.25) is 5.02 Å². The highest BCUT2D eigenvalue weighted by molar-refractivity contribution is 6.35. The van der Waals surface area contributed by atoms with Crippen LogP contribution in [-0.4, -0.2) is 47.0 Å². The molecular weight excluding hydrogens is 434 g/mol. The Bertz CT molecular complexity index is 1130. The Morgan fingerprint density at radius 3 is 2.53 bits per heavy atom. The van der Waals surface area contributed by atoms with Crippen LogP contribution in [0.4, 0.5) is 5.69 Å². The zero-order valence-electron chi connectivity index (χ0n) is 17.5. The first-order chi connectivity index (χ1) is 15.3. The summed E-state index contributed by atoms with van der Waals surface area (Å²) in [6.45, 7) is 1.62. The van der Waals surface area contributed by atoms with Gasteiger partial charge >= 0.3 is 0 Å². The molecule has 9 heteroatoms. The van der Waals surface area contributed by atoms with Crippen molar-refractivity contribution in [1.29, 1.82) is 0 Å². The van der Waals surface area contributed by atoms with Crippen LogP contribution in [0.3, 0.4) is 0 Å². The van der Waals surface area contributed by atoms with Gasteiger partial charge in [0, 0.05) is 11.6 Å². The summed E-state index contributed by atoms with van der Waals surface area (Å²) in [4.78, 5) is 41.6. The van der Waals surface area contributed by atoms with Crippen LogP contribution >= 0.6 is 11.6 Å². The van der Waals surface area contributed by atoms with Crippen LogP contribution in [0.15, 0.2) is 42.5 Å². The van der Waals surface area contributed by atoms with E-state index in [1.165, 1.54) is 4.90 Å². The minimum Gasteiger partial charge on any atom is -0.497 e. The molecule has 5 rings (SSSR count). The van der Waals surface area contributed by atoms with Gasteiger partial charge in [-0.15, -0.1) is 0 Å². The number of para-hydroxylation sites is 1. The molecule has 2 aromatic carbocycles. The number of aliphatic hydroxyl groups excluding tert-OH is 1. The topological polar surface area (TPSA) is 108 Å². The zero-order chi connectivity index (χ0) is 22.8. The number of carbonyl (C=O) groups is 3. The molecule has 0 radical (unpaired) electrons. The van der Waals surface area contributed by atoms with E-state index >= 15 is 0 Å². The predicted octanol–water partition coefficient (Wildman–Crippen LogP) is 1.65. The Morgan fingerprint density at radius 2 is 1.88 bits per heavy atom. The number of anilines is 1. The van der Waals surface area contributed by atoms with Crippen molar-refractivity contribution < 1.29 is 24.2 Å². The number of hydrogen-bond donors (Lipinski definition) is 3. The molecule has 0 bridgehead atoms. The Balaban J connectivity index is 1.58. The molecule has 2 fully saturated rings. The van der Waals surface area contributed by atoms with Gasteiger partial charge < -0.3 is 15.2 Å². The highest BCUT2D eigenvalue weighted by Gasteiger charge is 2.71. The van der Waals surface area contributed by atoms with Gasteiger partial charge in [0.25, 0.3) is 0 Å². The van der Waals surface area contributed by atoms with E-state index in [0.717, 1.165) is 5.56 Å². The van der Waals surface area contributed by atoms with Gasteiger partial charge in [0.1, 0.15) is 11.3 Å². The molecular formula is C23H22ClN3O5. The standard InChI is InChI=1S/C23H22ClN3O5/c1-11(28)18-16-17(23(26-18)14-4-3-5-15(24)19(14)25-22(23)31)21(30)27(20(16)29)10-12-6-8-13(32-2)9-7-12/h3-9,11,16-18,26,28H,10H2,1-2H3,(H,25,31)/t11-,16-,17+,18-,23+/m1/s1. The fourth-order valence-electron chi connectivity index (χ4n) is 5.27. The lowest BCUT2D eigenvalue weighted by atomic mass is 9.76. The summed E-state index contributed by atoms with van der Waals surface area (Å²) >= 11 is 6.30. The fourth-order valence-corrected chi connectivity index (χ4v) is 5.49. The van der Waals surface area contributed by atoms with Crippen LogP contribution in [0, 0.1) is 11.8 Å². The third kappa shape index (κ3) is 2.73. The number of amides is 3. The molecule has 0 aliphatic carbocycles. The molecule has 3 amide bonds. The predicted molar refractivity (Wildman–Crippen MR) is 116 cm³/mol. The number of hydrogen-bond acceptors (Lipinski definition) is 6. The third-order valence-corrected chi connectivity index (χ3v) is 7.06. The average Bonchev–Trinajstić information content (AvgIpc) is 3.36. The summed E-state index contributed by atoms with van der Waals surface area (Å²) in [5.74, 6) is -2.52. The van der Waals surface area contributed by atoms with Gasteiger partial charge in [0.05, 0.1) is 42.3 Å². The number of halogens is 1. The van der Waals surface area contributed by atoms with Gasteiger partial charge in [-0.05, 0) is 30.7 Å². The van der Waals surface area contributed by atoms with Gasteiger partial charge in [-0.1, -0.05) is 35.9 Å². The van der Waals surface area contributed by atoms with Crippen LogP contribution in [0.25, 0.3) is 0 Å². The van der Waals surface area contributed by atoms with Gasteiger partial charge in [0.15, 0.2) is 0 Å². The number of nitrogens with one attached hydrogen (secondary N) is 2. The van der Waals surface area contributed by atoms with Gasteiger partial charge in [-0.3, -0.25) is 24.6 Å². The summed E-state index contributed by atoms with van der Waals surface area (Å²) in [7, 11) is 1.56. The number of benzene rings is 2. The first kappa shape index (κ1) is 20.9. The molecule has 3 heterocycles. The van der Waals surface area contributed by atoms with Crippen molar-refractivity contribution in [3.63, 3.8) is 0 Å². The van der Waals surface area contributed by atoms with Crippen LogP contribution in [0.1, 0.15) is 18.1 Å². The molecule has 32 heavy (non-hydrogen) atoms. The summed E-state index contributed by atoms with van der Waals surface area (Å²) in [6.07, 6.45) is -0.962. The summed E-state index contributed by atoms with van der Waals surface area (Å²) in [5, 5.41) is 16.7. The first-order valence-corrected chi connectivity index (χ1v) is 10.7. The maximum atomic E-state index is 13.6. The largest absolute Gasteiger partial charge is 0.497 e. The molecule has 0 saturated carbocycles. The normalized spacial score (nSPS) is 29.3. The van der Waals surface area contributed by atoms with Crippen LogP contribution in [0.5, 0.6) is 5.75 Å². The quantitative estimate of drug-likeness (QED) is 0.605. The Hall–Kier alpha value is -2.94. The smallest absolute Gasteiger partial charge is 0.250 e. The number of methoxy groups -OCH3 is 1. The van der Waals surface area contributed by atoms with E-state index in [1.54, 1.807) is 56.5 Å². The molecule has 8 nitrogen and oxygen atoms in total. The fraction of sp³-hybridized carbons (Fsp3) is 0.348. The Labute approximate surface area is 189 Å². The number of carbonyl (C=O) groups excluding carboxylic acids is 3. The van der Waals surface area contributed by atoms with Crippen molar-refractivity contribution in [2.24, 2.45) is 11.8 Å². The van der Waals surface area contributed by atoms with Crippen molar-refractivity contribution in [2.45, 2.75) is 31.2 Å². The minimum atomic E-state index is -1.48. The lowest BCUT2D eigenvalue weighted by molar-refractivity contribution is -0.143. The van der Waals surface area contributed by atoms with Crippen molar-refractivity contribution >= 4 is 35.0 Å². The van der Waals surface area contributed by atoms with Crippen molar-refractivity contribution in [3.05, 3.63) is 58.6 Å². The number of fused-ring (bicyclic) bond motifs is 4. The van der Waals surface area contributed by atoms with Gasteiger partial charge in [0.2, 0.25) is 17.7 Å². The molecule has 0 unspecified atom stereocenters. The molecule has 2 aromatic rings. The van der Waals surface area contributed by atoms with Crippen LogP contribution < -0.4 is 15.4 Å². The summed E-state index contributed by atoms with van der Waals surface area (Å²) < 4.78 is 5.16. The number of rotatable bonds is 4. The number of imide groups is 1.